The zero-order valence-corrected chi connectivity index (χ0v) is 13.2. The van der Waals surface area contributed by atoms with Crippen LogP contribution in [0.3, 0.4) is 0 Å². The molecule has 0 unspecified atom stereocenters. The van der Waals surface area contributed by atoms with Crippen molar-refractivity contribution in [1.82, 2.24) is 5.32 Å². The van der Waals surface area contributed by atoms with Crippen molar-refractivity contribution in [2.75, 3.05) is 11.0 Å². The van der Waals surface area contributed by atoms with Gasteiger partial charge >= 0.3 is 6.09 Å². The average Bonchev–Trinajstić information content (AvgIpc) is 2.33. The number of aromatic hydroxyl groups is 1. The molecule has 0 aliphatic rings. The first kappa shape index (κ1) is 15.4. The van der Waals surface area contributed by atoms with Crippen LogP contribution in [0, 0.1) is 0 Å². The number of benzene rings is 1. The van der Waals surface area contributed by atoms with E-state index < -0.39 is 21.7 Å². The smallest absolute Gasteiger partial charge is 0.407 e. The van der Waals surface area contributed by atoms with Crippen molar-refractivity contribution in [3.05, 3.63) is 23.8 Å². The maximum absolute atomic E-state index is 11.6. The Morgan fingerprint density at radius 2 is 2.10 bits per heavy atom. The molecule has 118 valence electrons. The van der Waals surface area contributed by atoms with E-state index in [9.17, 15) is 13.2 Å². The Balaban J connectivity index is 2.77. The molecule has 0 aliphatic carbocycles. The number of phenolic OH excluding ortho intramolecular Hbond substituents is 1. The molecular formula is C13H20N2O5S. The summed E-state index contributed by atoms with van der Waals surface area (Å²) in [6.07, 6.45) is 0.424. The molecular weight excluding hydrogens is 296 g/mol. The molecule has 1 rings (SSSR count). The van der Waals surface area contributed by atoms with E-state index in [0.717, 1.165) is 6.26 Å². The second-order valence-electron chi connectivity index (χ2n) is 5.55. The highest BCUT2D eigenvalue weighted by Gasteiger charge is 2.16. The van der Waals surface area contributed by atoms with Gasteiger partial charge in [-0.05, 0) is 26.8 Å². The molecule has 0 aromatic heterocycles. The van der Waals surface area contributed by atoms with E-state index in [2.05, 4.69) is 15.1 Å². The average molecular weight is 318 g/mol. The third-order valence-corrected chi connectivity index (χ3v) is 2.80. The van der Waals surface area contributed by atoms with Crippen LogP contribution >= 0.6 is 0 Å². The largest absolute Gasteiger partial charge is 0.508 e. The Morgan fingerprint density at radius 3 is 2.62 bits per heavy atom. The summed E-state index contributed by atoms with van der Waals surface area (Å²) in [7, 11) is -3.42. The molecule has 21 heavy (non-hydrogen) atoms. The second-order valence-corrected chi connectivity index (χ2v) is 7.30. The monoisotopic (exact) mass is 318 g/mol. The van der Waals surface area contributed by atoms with Gasteiger partial charge in [0.15, 0.2) is 0 Å². The molecule has 0 spiro atoms. The number of carbonyl (C=O) groups is 1. The molecule has 0 radical (unpaired) electrons. The number of sulfonamides is 1. The number of hydrogen-bond acceptors (Lipinski definition) is 5. The number of alkyl carbamates (subject to hydrolysis) is 1. The van der Waals surface area contributed by atoms with Crippen molar-refractivity contribution in [1.29, 1.82) is 1.43 Å². The lowest BCUT2D eigenvalue weighted by molar-refractivity contribution is 0.0523. The van der Waals surface area contributed by atoms with Crippen LogP contribution in [-0.4, -0.2) is 32.9 Å². The van der Waals surface area contributed by atoms with Crippen molar-refractivity contribution < 1.29 is 23.1 Å². The zero-order chi connectivity index (χ0) is 17.0. The first-order valence-corrected chi connectivity index (χ1v) is 8.10. The van der Waals surface area contributed by atoms with Crippen molar-refractivity contribution in [2.24, 2.45) is 0 Å². The van der Waals surface area contributed by atoms with Gasteiger partial charge in [-0.25, -0.2) is 13.2 Å². The fourth-order valence-corrected chi connectivity index (χ4v) is 2.01. The quantitative estimate of drug-likeness (QED) is 0.767. The second kappa shape index (κ2) is 6.21. The number of phenols is 1. The number of nitrogens with one attached hydrogen (secondary N) is 2. The van der Waals surface area contributed by atoms with Gasteiger partial charge in [0.2, 0.25) is 10.0 Å². The summed E-state index contributed by atoms with van der Waals surface area (Å²) < 4.78 is 36.7. The molecule has 1 aromatic rings. The van der Waals surface area contributed by atoms with Gasteiger partial charge in [-0.1, -0.05) is 6.07 Å². The topological polar surface area (TPSA) is 105 Å². The molecule has 1 aromatic carbocycles. The van der Waals surface area contributed by atoms with Crippen LogP contribution < -0.4 is 10.0 Å². The number of rotatable bonds is 5. The summed E-state index contributed by atoms with van der Waals surface area (Å²) >= 11 is 0. The van der Waals surface area contributed by atoms with E-state index in [4.69, 9.17) is 6.17 Å². The van der Waals surface area contributed by atoms with Gasteiger partial charge in [-0.2, -0.15) is 0 Å². The fourth-order valence-electron chi connectivity index (χ4n) is 1.46. The number of hydrogen-bond donors (Lipinski definition) is 3. The molecule has 1 amide bonds. The van der Waals surface area contributed by atoms with Gasteiger partial charge in [0.1, 0.15) is 11.4 Å². The predicted molar refractivity (Wildman–Crippen MR) is 79.6 cm³/mol. The van der Waals surface area contributed by atoms with E-state index in [1.807, 2.05) is 0 Å². The first-order valence-electron chi connectivity index (χ1n) is 6.62. The number of amides is 1. The van der Waals surface area contributed by atoms with Crippen LogP contribution in [-0.2, 0) is 21.3 Å². The van der Waals surface area contributed by atoms with E-state index >= 15 is 0 Å². The van der Waals surface area contributed by atoms with Crippen LogP contribution in [0.25, 0.3) is 0 Å². The Kier molecular flexibility index (Phi) is 4.56. The number of anilines is 1. The molecule has 0 atom stereocenters. The number of carbonyl (C=O) groups excluding carboxylic acids is 1. The molecule has 3 N–H and O–H groups in total. The van der Waals surface area contributed by atoms with Gasteiger partial charge in [-0.3, -0.25) is 4.72 Å². The summed E-state index contributed by atoms with van der Waals surface area (Å²) in [6, 6.07) is 4.42. The predicted octanol–water partition coefficient (Wildman–Crippen LogP) is 1.79. The van der Waals surface area contributed by atoms with Gasteiger partial charge in [0, 0.05) is 18.2 Å². The molecule has 8 heteroatoms. The zero-order valence-electron chi connectivity index (χ0n) is 13.4. The van der Waals surface area contributed by atoms with Crippen molar-refractivity contribution in [2.45, 2.75) is 32.9 Å². The van der Waals surface area contributed by atoms with Crippen molar-refractivity contribution in [3.8, 4) is 5.75 Å². The van der Waals surface area contributed by atoms with E-state index in [1.54, 1.807) is 26.8 Å². The van der Waals surface area contributed by atoms with Crippen molar-refractivity contribution >= 4 is 21.8 Å². The maximum Gasteiger partial charge on any atom is 0.407 e. The molecule has 0 saturated carbocycles. The molecule has 0 bridgehead atoms. The highest BCUT2D eigenvalue weighted by Crippen LogP contribution is 2.22. The highest BCUT2D eigenvalue weighted by atomic mass is 32.2. The summed E-state index contributed by atoms with van der Waals surface area (Å²) in [4.78, 5) is 11.6. The molecule has 0 aliphatic heterocycles. The molecule has 7 nitrogen and oxygen atoms in total. The Labute approximate surface area is 125 Å². The normalized spacial score (nSPS) is 12.3. The minimum absolute atomic E-state index is 0.0856. The third kappa shape index (κ3) is 6.84. The summed E-state index contributed by atoms with van der Waals surface area (Å²) in [6.45, 7) is 5.33. The van der Waals surface area contributed by atoms with Gasteiger partial charge < -0.3 is 15.2 Å². The first-order chi connectivity index (χ1) is 10.00. The minimum Gasteiger partial charge on any atom is -0.508 e. The van der Waals surface area contributed by atoms with Gasteiger partial charge in [0.25, 0.3) is 1.43 Å². The van der Waals surface area contributed by atoms with Crippen molar-refractivity contribution in [3.63, 3.8) is 0 Å². The van der Waals surface area contributed by atoms with Crippen LogP contribution in [0.4, 0.5) is 10.5 Å². The SMILES string of the molecule is [3H]Oc1cc(NS(C)(=O)=O)ccc1CNC(=O)OC(C)(C)C. The third-order valence-electron chi connectivity index (χ3n) is 2.19. The number of ether oxygens (including phenoxy) is 1. The molecule has 0 fully saturated rings. The summed E-state index contributed by atoms with van der Waals surface area (Å²) in [5.74, 6) is 0.129. The summed E-state index contributed by atoms with van der Waals surface area (Å²) in [5.41, 5.74) is 0.174. The lowest BCUT2D eigenvalue weighted by Crippen LogP contribution is -2.32. The van der Waals surface area contributed by atoms with E-state index in [1.165, 1.54) is 12.1 Å². The lowest BCUT2D eigenvalue weighted by Gasteiger charge is -2.19. The molecule has 0 heterocycles. The van der Waals surface area contributed by atoms with Crippen LogP contribution in [0.2, 0.25) is 0 Å². The maximum atomic E-state index is 11.6. The summed E-state index contributed by atoms with van der Waals surface area (Å²) in [5, 5.41) is 6.99. The standard InChI is InChI=1S/C13H20N2O5S/c1-13(2,3)20-12(17)14-8-9-5-6-10(7-11(9)16)15-21(4,18)19/h5-7,15-16H,8H2,1-4H3,(H,14,17)/i/hT. The van der Waals surface area contributed by atoms with Crippen LogP contribution in [0.1, 0.15) is 26.3 Å². The lowest BCUT2D eigenvalue weighted by atomic mass is 10.2. The fraction of sp³-hybridized carbons (Fsp3) is 0.462. The van der Waals surface area contributed by atoms with Gasteiger partial charge in [0.05, 0.1) is 11.9 Å². The van der Waals surface area contributed by atoms with Gasteiger partial charge in [-0.15, -0.1) is 0 Å². The molecule has 0 saturated heterocycles. The van der Waals surface area contributed by atoms with Crippen LogP contribution in [0.5, 0.6) is 5.75 Å². The van der Waals surface area contributed by atoms with E-state index in [-0.39, 0.29) is 18.0 Å². The van der Waals surface area contributed by atoms with E-state index in [0.29, 0.717) is 5.56 Å². The minimum atomic E-state index is -3.42. The highest BCUT2D eigenvalue weighted by molar-refractivity contribution is 7.92. The Bertz CT molecular complexity index is 640. The Morgan fingerprint density at radius 1 is 1.43 bits per heavy atom. The Hall–Kier alpha value is -1.96. The van der Waals surface area contributed by atoms with Crippen LogP contribution in [0.15, 0.2) is 18.2 Å².